The van der Waals surface area contributed by atoms with Gasteiger partial charge >= 0.3 is 5.97 Å². The van der Waals surface area contributed by atoms with E-state index in [4.69, 9.17) is 14.6 Å². The standard InChI is InChI=1S/C13H22O8/c1-2-3-4-13(9(17)6-15)11(10(18)12(19)21-13)20-7-8(16)5-14/h8-9,14-18H,2-7H2,1H3/t8?,9-,13+/m0/s1. The lowest BCUT2D eigenvalue weighted by molar-refractivity contribution is -0.167. The van der Waals surface area contributed by atoms with Crippen molar-refractivity contribution in [2.75, 3.05) is 19.8 Å². The number of aliphatic hydroxyl groups excluding tert-OH is 5. The molecule has 21 heavy (non-hydrogen) atoms. The van der Waals surface area contributed by atoms with Gasteiger partial charge in [0.25, 0.3) is 0 Å². The Balaban J connectivity index is 3.05. The van der Waals surface area contributed by atoms with Crippen LogP contribution < -0.4 is 0 Å². The molecule has 0 aliphatic carbocycles. The van der Waals surface area contributed by atoms with E-state index in [2.05, 4.69) is 0 Å². The van der Waals surface area contributed by atoms with Gasteiger partial charge in [0.05, 0.1) is 13.2 Å². The fourth-order valence-corrected chi connectivity index (χ4v) is 2.11. The Hall–Kier alpha value is -1.35. The monoisotopic (exact) mass is 306 g/mol. The van der Waals surface area contributed by atoms with Gasteiger partial charge in [0.1, 0.15) is 18.8 Å². The summed E-state index contributed by atoms with van der Waals surface area (Å²) in [5, 5.41) is 47.0. The van der Waals surface area contributed by atoms with Crippen molar-refractivity contribution in [2.24, 2.45) is 0 Å². The summed E-state index contributed by atoms with van der Waals surface area (Å²) in [6.07, 6.45) is -1.27. The van der Waals surface area contributed by atoms with E-state index < -0.39 is 49.4 Å². The van der Waals surface area contributed by atoms with E-state index in [1.807, 2.05) is 6.92 Å². The van der Waals surface area contributed by atoms with Gasteiger partial charge in [-0.3, -0.25) is 0 Å². The molecule has 8 heteroatoms. The fraction of sp³-hybridized carbons (Fsp3) is 0.769. The van der Waals surface area contributed by atoms with Crippen molar-refractivity contribution in [1.29, 1.82) is 0 Å². The van der Waals surface area contributed by atoms with E-state index in [0.29, 0.717) is 6.42 Å². The Morgan fingerprint density at radius 2 is 1.95 bits per heavy atom. The Morgan fingerprint density at radius 1 is 1.29 bits per heavy atom. The summed E-state index contributed by atoms with van der Waals surface area (Å²) >= 11 is 0. The highest BCUT2D eigenvalue weighted by atomic mass is 16.6. The summed E-state index contributed by atoms with van der Waals surface area (Å²) in [4.78, 5) is 11.6. The molecule has 1 rings (SSSR count). The van der Waals surface area contributed by atoms with Crippen molar-refractivity contribution >= 4 is 5.97 Å². The Labute approximate surface area is 122 Å². The van der Waals surface area contributed by atoms with Crippen LogP contribution in [0.25, 0.3) is 0 Å². The first-order valence-electron chi connectivity index (χ1n) is 6.80. The number of ether oxygens (including phenoxy) is 2. The van der Waals surface area contributed by atoms with Crippen LogP contribution in [-0.4, -0.2) is 69.1 Å². The maximum atomic E-state index is 11.6. The number of hydrogen-bond acceptors (Lipinski definition) is 8. The predicted molar refractivity (Wildman–Crippen MR) is 70.1 cm³/mol. The Bertz CT molecular complexity index is 394. The molecule has 1 aliphatic rings. The SMILES string of the molecule is CCCC[C@]1([C@@H](O)CO)OC(=O)C(O)=C1OCC(O)CO. The maximum Gasteiger partial charge on any atom is 0.378 e. The third-order valence-corrected chi connectivity index (χ3v) is 3.31. The summed E-state index contributed by atoms with van der Waals surface area (Å²) in [7, 11) is 0. The van der Waals surface area contributed by atoms with Crippen LogP contribution in [0, 0.1) is 0 Å². The first-order valence-corrected chi connectivity index (χ1v) is 6.80. The smallest absolute Gasteiger partial charge is 0.378 e. The minimum Gasteiger partial charge on any atom is -0.499 e. The number of cyclic esters (lactones) is 1. The number of carbonyl (C=O) groups is 1. The highest BCUT2D eigenvalue weighted by Crippen LogP contribution is 2.39. The van der Waals surface area contributed by atoms with Gasteiger partial charge in [-0.2, -0.15) is 0 Å². The number of esters is 1. The molecule has 0 radical (unpaired) electrons. The van der Waals surface area contributed by atoms with Crippen LogP contribution in [0.5, 0.6) is 0 Å². The predicted octanol–water partition coefficient (Wildman–Crippen LogP) is -1.04. The molecule has 3 atom stereocenters. The Kier molecular flexibility index (Phi) is 6.41. The quantitative estimate of drug-likeness (QED) is 0.341. The number of rotatable bonds is 9. The van der Waals surface area contributed by atoms with Crippen LogP contribution in [0.4, 0.5) is 0 Å². The molecule has 0 saturated heterocycles. The van der Waals surface area contributed by atoms with Crippen LogP contribution in [0.1, 0.15) is 26.2 Å². The molecule has 5 N–H and O–H groups in total. The molecule has 1 aliphatic heterocycles. The lowest BCUT2D eigenvalue weighted by Gasteiger charge is -2.33. The molecule has 122 valence electrons. The van der Waals surface area contributed by atoms with E-state index in [-0.39, 0.29) is 12.2 Å². The van der Waals surface area contributed by atoms with Gasteiger partial charge in [-0.15, -0.1) is 0 Å². The maximum absolute atomic E-state index is 11.6. The number of carbonyl (C=O) groups excluding carboxylic acids is 1. The molecule has 0 aromatic rings. The zero-order valence-electron chi connectivity index (χ0n) is 11.9. The first kappa shape index (κ1) is 17.7. The zero-order valence-corrected chi connectivity index (χ0v) is 11.9. The van der Waals surface area contributed by atoms with Gasteiger partial charge in [-0.1, -0.05) is 13.3 Å². The lowest BCUT2D eigenvalue weighted by atomic mass is 9.89. The van der Waals surface area contributed by atoms with E-state index in [9.17, 15) is 25.2 Å². The molecule has 0 spiro atoms. The van der Waals surface area contributed by atoms with E-state index in [1.54, 1.807) is 0 Å². The summed E-state index contributed by atoms with van der Waals surface area (Å²) in [6.45, 7) is 0.237. The lowest BCUT2D eigenvalue weighted by Crippen LogP contribution is -2.48. The van der Waals surface area contributed by atoms with Crippen molar-refractivity contribution in [3.63, 3.8) is 0 Å². The molecule has 0 fully saturated rings. The number of hydrogen-bond donors (Lipinski definition) is 5. The van der Waals surface area contributed by atoms with Gasteiger partial charge in [-0.05, 0) is 12.8 Å². The van der Waals surface area contributed by atoms with Crippen LogP contribution in [0.2, 0.25) is 0 Å². The third kappa shape index (κ3) is 3.65. The summed E-state index contributed by atoms with van der Waals surface area (Å²) in [6, 6.07) is 0. The molecule has 0 saturated carbocycles. The van der Waals surface area contributed by atoms with Gasteiger partial charge in [0.15, 0.2) is 5.76 Å². The molecule has 0 amide bonds. The van der Waals surface area contributed by atoms with Crippen molar-refractivity contribution in [3.8, 4) is 0 Å². The highest BCUT2D eigenvalue weighted by Gasteiger charge is 2.54. The second-order valence-electron chi connectivity index (χ2n) is 4.91. The number of unbranched alkanes of at least 4 members (excludes halogenated alkanes) is 1. The molecule has 8 nitrogen and oxygen atoms in total. The van der Waals surface area contributed by atoms with Gasteiger partial charge in [0.2, 0.25) is 11.4 Å². The minimum atomic E-state index is -1.68. The summed E-state index contributed by atoms with van der Waals surface area (Å²) < 4.78 is 10.2. The van der Waals surface area contributed by atoms with Crippen molar-refractivity contribution in [3.05, 3.63) is 11.5 Å². The number of aliphatic hydroxyl groups is 5. The molecular formula is C13H22O8. The normalized spacial score (nSPS) is 24.9. The van der Waals surface area contributed by atoms with Gasteiger partial charge < -0.3 is 35.0 Å². The van der Waals surface area contributed by atoms with Crippen LogP contribution in [-0.2, 0) is 14.3 Å². The summed E-state index contributed by atoms with van der Waals surface area (Å²) in [5.41, 5.74) is -1.68. The highest BCUT2D eigenvalue weighted by molar-refractivity contribution is 5.90. The Morgan fingerprint density at radius 3 is 2.48 bits per heavy atom. The topological polar surface area (TPSA) is 137 Å². The zero-order chi connectivity index (χ0) is 16.0. The molecule has 0 bridgehead atoms. The average Bonchev–Trinajstić information content (AvgIpc) is 2.74. The molecule has 0 aromatic heterocycles. The van der Waals surface area contributed by atoms with Crippen molar-refractivity contribution in [1.82, 2.24) is 0 Å². The summed E-state index contributed by atoms with van der Waals surface area (Å²) in [5.74, 6) is -2.19. The molecule has 1 unspecified atom stereocenters. The molecule has 0 aromatic carbocycles. The third-order valence-electron chi connectivity index (χ3n) is 3.31. The average molecular weight is 306 g/mol. The molecular weight excluding hydrogens is 284 g/mol. The largest absolute Gasteiger partial charge is 0.499 e. The van der Waals surface area contributed by atoms with Crippen molar-refractivity contribution < 1.29 is 39.8 Å². The minimum absolute atomic E-state index is 0.144. The first-order chi connectivity index (χ1) is 9.92. The van der Waals surface area contributed by atoms with E-state index >= 15 is 0 Å². The second-order valence-corrected chi connectivity index (χ2v) is 4.91. The van der Waals surface area contributed by atoms with Crippen molar-refractivity contribution in [2.45, 2.75) is 44.0 Å². The van der Waals surface area contributed by atoms with Gasteiger partial charge in [-0.25, -0.2) is 4.79 Å². The van der Waals surface area contributed by atoms with Gasteiger partial charge in [0, 0.05) is 0 Å². The van der Waals surface area contributed by atoms with Crippen LogP contribution in [0.3, 0.4) is 0 Å². The molecule has 1 heterocycles. The fourth-order valence-electron chi connectivity index (χ4n) is 2.11. The van der Waals surface area contributed by atoms with E-state index in [1.165, 1.54) is 0 Å². The van der Waals surface area contributed by atoms with Crippen LogP contribution in [0.15, 0.2) is 11.5 Å². The van der Waals surface area contributed by atoms with E-state index in [0.717, 1.165) is 6.42 Å². The second kappa shape index (κ2) is 7.60. The van der Waals surface area contributed by atoms with Crippen LogP contribution >= 0.6 is 0 Å².